The van der Waals surface area contributed by atoms with Crippen LogP contribution in [0.4, 0.5) is 13.2 Å². The van der Waals surface area contributed by atoms with Gasteiger partial charge in [-0.2, -0.15) is 13.2 Å². The van der Waals surface area contributed by atoms with Gasteiger partial charge in [0, 0.05) is 11.8 Å². The number of aryl methyl sites for hydroxylation is 1. The first-order chi connectivity index (χ1) is 9.38. The number of benzene rings is 1. The van der Waals surface area contributed by atoms with Crippen molar-refractivity contribution in [2.24, 2.45) is 0 Å². The van der Waals surface area contributed by atoms with Crippen molar-refractivity contribution >= 4 is 13.3 Å². The van der Waals surface area contributed by atoms with Crippen molar-refractivity contribution in [1.29, 1.82) is 0 Å². The molecule has 0 aliphatic rings. The lowest BCUT2D eigenvalue weighted by molar-refractivity contribution is -0.141. The van der Waals surface area contributed by atoms with Gasteiger partial charge in [-0.05, 0) is 24.1 Å². The molecule has 2 radical (unpaired) electrons. The fraction of sp³-hybridized carbons (Fsp3) is 0.267. The van der Waals surface area contributed by atoms with Crippen molar-refractivity contribution in [2.75, 3.05) is 0 Å². The van der Waals surface area contributed by atoms with Gasteiger partial charge in [0.25, 0.3) is 0 Å². The van der Waals surface area contributed by atoms with Gasteiger partial charge in [-0.1, -0.05) is 43.6 Å². The van der Waals surface area contributed by atoms with Crippen molar-refractivity contribution < 1.29 is 13.2 Å². The third-order valence-corrected chi connectivity index (χ3v) is 2.62. The molecule has 0 fully saturated rings. The van der Waals surface area contributed by atoms with Crippen LogP contribution in [0.25, 0.3) is 11.1 Å². The summed E-state index contributed by atoms with van der Waals surface area (Å²) in [6, 6.07) is 7.64. The van der Waals surface area contributed by atoms with Crippen molar-refractivity contribution in [2.45, 2.75) is 26.9 Å². The topological polar surface area (TPSA) is 12.9 Å². The number of rotatable bonds is 1. The van der Waals surface area contributed by atoms with Gasteiger partial charge in [-0.3, -0.25) is 4.98 Å². The average Bonchev–Trinajstić information content (AvgIpc) is 2.40. The van der Waals surface area contributed by atoms with Gasteiger partial charge in [0.05, 0.1) is 0 Å². The zero-order chi connectivity index (χ0) is 15.3. The molecule has 0 unspecified atom stereocenters. The third kappa shape index (κ3) is 3.86. The molecule has 0 aliphatic carbocycles. The molecule has 0 atom stereocenters. The number of alkyl halides is 3. The van der Waals surface area contributed by atoms with Crippen LogP contribution < -0.4 is 5.46 Å². The quantitative estimate of drug-likeness (QED) is 0.720. The van der Waals surface area contributed by atoms with Crippen molar-refractivity contribution in [3.8, 4) is 11.1 Å². The largest absolute Gasteiger partial charge is 0.433 e. The first-order valence-electron chi connectivity index (χ1n) is 6.27. The van der Waals surface area contributed by atoms with Crippen LogP contribution in [0.15, 0.2) is 36.5 Å². The van der Waals surface area contributed by atoms with Gasteiger partial charge < -0.3 is 0 Å². The molecular weight excluding hydrogens is 262 g/mol. The van der Waals surface area contributed by atoms with Gasteiger partial charge in [0.15, 0.2) is 0 Å². The predicted octanol–water partition coefficient (Wildman–Crippen LogP) is 3.90. The van der Waals surface area contributed by atoms with Gasteiger partial charge in [-0.15, -0.1) is 0 Å². The summed E-state index contributed by atoms with van der Waals surface area (Å²) >= 11 is 0. The lowest BCUT2D eigenvalue weighted by Gasteiger charge is -2.09. The maximum Gasteiger partial charge on any atom is 0.433 e. The monoisotopic (exact) mass is 277 g/mol. The van der Waals surface area contributed by atoms with E-state index in [0.717, 1.165) is 17.2 Å². The SMILES string of the molecule is CC.[B]c1ccc(-c2ccc(C(F)(F)F)nc2)c(C)c1. The van der Waals surface area contributed by atoms with Gasteiger partial charge in [0.2, 0.25) is 0 Å². The second kappa shape index (κ2) is 6.59. The Hall–Kier alpha value is -1.78. The molecule has 0 saturated heterocycles. The highest BCUT2D eigenvalue weighted by Gasteiger charge is 2.32. The Balaban J connectivity index is 0.000000956. The van der Waals surface area contributed by atoms with Gasteiger partial charge in [-0.25, -0.2) is 0 Å². The van der Waals surface area contributed by atoms with Crippen LogP contribution in [0.5, 0.6) is 0 Å². The molecule has 0 aliphatic heterocycles. The van der Waals surface area contributed by atoms with Crippen molar-refractivity contribution in [3.05, 3.63) is 47.8 Å². The Labute approximate surface area is 118 Å². The minimum atomic E-state index is -4.41. The molecule has 0 bridgehead atoms. The second-order valence-corrected chi connectivity index (χ2v) is 4.00. The molecule has 20 heavy (non-hydrogen) atoms. The van der Waals surface area contributed by atoms with E-state index >= 15 is 0 Å². The smallest absolute Gasteiger partial charge is 0.251 e. The summed E-state index contributed by atoms with van der Waals surface area (Å²) in [6.45, 7) is 5.85. The second-order valence-electron chi connectivity index (χ2n) is 4.00. The number of hydrogen-bond acceptors (Lipinski definition) is 1. The molecule has 2 aromatic rings. The molecule has 2 rings (SSSR count). The Morgan fingerprint density at radius 2 is 1.70 bits per heavy atom. The van der Waals surface area contributed by atoms with Gasteiger partial charge in [0.1, 0.15) is 13.5 Å². The van der Waals surface area contributed by atoms with Crippen LogP contribution in [0, 0.1) is 6.92 Å². The van der Waals surface area contributed by atoms with E-state index in [9.17, 15) is 13.2 Å². The fourth-order valence-corrected chi connectivity index (χ4v) is 1.73. The zero-order valence-electron chi connectivity index (χ0n) is 11.6. The Bertz CT molecular complexity index is 562. The van der Waals surface area contributed by atoms with E-state index in [1.807, 2.05) is 20.8 Å². The molecule has 1 aromatic heterocycles. The first-order valence-corrected chi connectivity index (χ1v) is 6.27. The van der Waals surface area contributed by atoms with E-state index in [-0.39, 0.29) is 0 Å². The summed E-state index contributed by atoms with van der Waals surface area (Å²) in [4.78, 5) is 3.43. The number of nitrogens with zero attached hydrogens (tertiary/aromatic N) is 1. The van der Waals surface area contributed by atoms with Crippen LogP contribution in [-0.2, 0) is 6.18 Å². The average molecular weight is 277 g/mol. The standard InChI is InChI=1S/C13H9BF3N.C2H6/c1-8-6-10(14)3-4-11(8)9-2-5-12(18-7-9)13(15,16)17;1-2/h2-7H,1H3;1-2H3. The lowest BCUT2D eigenvalue weighted by atomic mass is 9.91. The highest BCUT2D eigenvalue weighted by Crippen LogP contribution is 2.29. The highest BCUT2D eigenvalue weighted by molar-refractivity contribution is 6.32. The molecule has 0 saturated carbocycles. The van der Waals surface area contributed by atoms with E-state index in [0.29, 0.717) is 11.0 Å². The van der Waals surface area contributed by atoms with Crippen molar-refractivity contribution in [3.63, 3.8) is 0 Å². The molecule has 0 spiro atoms. The molecule has 0 N–H and O–H groups in total. The Kier molecular flexibility index (Phi) is 5.37. The van der Waals surface area contributed by atoms with E-state index in [1.165, 1.54) is 12.3 Å². The molecule has 0 amide bonds. The Morgan fingerprint density at radius 1 is 1.05 bits per heavy atom. The van der Waals surface area contributed by atoms with Crippen LogP contribution in [0.3, 0.4) is 0 Å². The highest BCUT2D eigenvalue weighted by atomic mass is 19.4. The van der Waals surface area contributed by atoms with E-state index in [2.05, 4.69) is 4.98 Å². The maximum absolute atomic E-state index is 12.4. The maximum atomic E-state index is 12.4. The minimum Gasteiger partial charge on any atom is -0.251 e. The molecule has 104 valence electrons. The fourth-order valence-electron chi connectivity index (χ4n) is 1.73. The van der Waals surface area contributed by atoms with Crippen LogP contribution in [-0.4, -0.2) is 12.8 Å². The summed E-state index contributed by atoms with van der Waals surface area (Å²) in [7, 11) is 5.62. The van der Waals surface area contributed by atoms with Crippen LogP contribution >= 0.6 is 0 Å². The third-order valence-electron chi connectivity index (χ3n) is 2.62. The molecule has 1 heterocycles. The van der Waals surface area contributed by atoms with Crippen LogP contribution in [0.1, 0.15) is 25.1 Å². The summed E-state index contributed by atoms with van der Waals surface area (Å²) < 4.78 is 37.1. The lowest BCUT2D eigenvalue weighted by Crippen LogP contribution is -2.07. The summed E-state index contributed by atoms with van der Waals surface area (Å²) in [5, 5.41) is 0. The number of hydrogen-bond donors (Lipinski definition) is 0. The summed E-state index contributed by atoms with van der Waals surface area (Å²) in [6.07, 6.45) is -3.18. The predicted molar refractivity (Wildman–Crippen MR) is 76.1 cm³/mol. The summed E-state index contributed by atoms with van der Waals surface area (Å²) in [5.74, 6) is 0. The number of aromatic nitrogens is 1. The Morgan fingerprint density at radius 3 is 2.15 bits per heavy atom. The zero-order valence-corrected chi connectivity index (χ0v) is 11.6. The molecule has 1 aromatic carbocycles. The van der Waals surface area contributed by atoms with Crippen molar-refractivity contribution in [1.82, 2.24) is 4.98 Å². The summed E-state index contributed by atoms with van der Waals surface area (Å²) in [5.41, 5.74) is 2.10. The molecule has 1 nitrogen and oxygen atoms in total. The minimum absolute atomic E-state index is 0.621. The van der Waals surface area contributed by atoms with Crippen LogP contribution in [0.2, 0.25) is 0 Å². The number of pyridine rings is 1. The van der Waals surface area contributed by atoms with E-state index in [1.54, 1.807) is 18.2 Å². The molecule has 5 heteroatoms. The number of halogens is 3. The van der Waals surface area contributed by atoms with Gasteiger partial charge >= 0.3 is 6.18 Å². The normalized spacial score (nSPS) is 10.7. The first kappa shape index (κ1) is 16.3. The van der Waals surface area contributed by atoms with E-state index < -0.39 is 11.9 Å². The van der Waals surface area contributed by atoms with E-state index in [4.69, 9.17) is 7.85 Å². The molecular formula is C15H15BF3N.